The zero-order valence-corrected chi connectivity index (χ0v) is 15.9. The van der Waals surface area contributed by atoms with Gasteiger partial charge in [-0.1, -0.05) is 47.5 Å². The number of aromatic nitrogens is 3. The molecule has 0 saturated carbocycles. The Kier molecular flexibility index (Phi) is 4.98. The van der Waals surface area contributed by atoms with Gasteiger partial charge in [0.2, 0.25) is 5.91 Å². The fourth-order valence-electron chi connectivity index (χ4n) is 2.81. The van der Waals surface area contributed by atoms with Gasteiger partial charge in [-0.25, -0.2) is 13.9 Å². The summed E-state index contributed by atoms with van der Waals surface area (Å²) in [7, 11) is 0. The molecule has 1 amide bonds. The molecule has 0 bridgehead atoms. The molecule has 0 fully saturated rings. The van der Waals surface area contributed by atoms with Gasteiger partial charge in [-0.15, -0.1) is 0 Å². The SMILES string of the molecule is O=C(Cc1ccc(-c2ccn3ncnc3c2)cc1)Nc1ccc(Cl)c(Cl)c1F. The molecule has 0 spiro atoms. The lowest BCUT2D eigenvalue weighted by Crippen LogP contribution is -2.15. The topological polar surface area (TPSA) is 59.3 Å². The molecule has 4 rings (SSSR count). The molecule has 1 N–H and O–H groups in total. The van der Waals surface area contributed by atoms with Crippen LogP contribution in [0.2, 0.25) is 10.0 Å². The summed E-state index contributed by atoms with van der Waals surface area (Å²) in [5, 5.41) is 6.47. The highest BCUT2D eigenvalue weighted by Gasteiger charge is 2.13. The molecule has 140 valence electrons. The van der Waals surface area contributed by atoms with Gasteiger partial charge in [0.1, 0.15) is 6.33 Å². The first-order valence-electron chi connectivity index (χ1n) is 8.33. The second-order valence-corrected chi connectivity index (χ2v) is 6.91. The molecule has 0 aliphatic heterocycles. The van der Waals surface area contributed by atoms with Gasteiger partial charge in [-0.2, -0.15) is 5.10 Å². The lowest BCUT2D eigenvalue weighted by atomic mass is 10.0. The standard InChI is InChI=1S/C20H13Cl2FN4O/c21-15-5-6-16(20(23)19(15)22)26-18(28)9-12-1-3-13(4-2-12)14-7-8-27-17(10-14)24-11-25-27/h1-8,10-11H,9H2,(H,26,28). The van der Waals surface area contributed by atoms with E-state index in [-0.39, 0.29) is 28.1 Å². The maximum atomic E-state index is 14.0. The molecule has 2 aromatic carbocycles. The van der Waals surface area contributed by atoms with E-state index in [1.54, 1.807) is 4.52 Å². The summed E-state index contributed by atoms with van der Waals surface area (Å²) < 4.78 is 15.7. The van der Waals surface area contributed by atoms with E-state index in [0.29, 0.717) is 0 Å². The number of anilines is 1. The van der Waals surface area contributed by atoms with Crippen molar-refractivity contribution in [2.75, 3.05) is 5.32 Å². The normalized spacial score (nSPS) is 11.0. The number of hydrogen-bond donors (Lipinski definition) is 1. The first-order valence-corrected chi connectivity index (χ1v) is 9.09. The van der Waals surface area contributed by atoms with Crippen molar-refractivity contribution >= 4 is 40.4 Å². The number of rotatable bonds is 4. The second-order valence-electron chi connectivity index (χ2n) is 6.12. The van der Waals surface area contributed by atoms with E-state index in [4.69, 9.17) is 23.2 Å². The van der Waals surface area contributed by atoms with Crippen LogP contribution in [-0.2, 0) is 11.2 Å². The number of nitrogens with one attached hydrogen (secondary N) is 1. The summed E-state index contributed by atoms with van der Waals surface area (Å²) in [4.78, 5) is 16.4. The predicted molar refractivity (Wildman–Crippen MR) is 107 cm³/mol. The molecule has 28 heavy (non-hydrogen) atoms. The second kappa shape index (κ2) is 7.58. The van der Waals surface area contributed by atoms with Gasteiger partial charge in [0, 0.05) is 6.20 Å². The van der Waals surface area contributed by atoms with Crippen LogP contribution in [0.4, 0.5) is 10.1 Å². The highest BCUT2D eigenvalue weighted by molar-refractivity contribution is 6.42. The number of carbonyl (C=O) groups excluding carboxylic acids is 1. The summed E-state index contributed by atoms with van der Waals surface area (Å²) in [6, 6.07) is 14.2. The fraction of sp³-hybridized carbons (Fsp3) is 0.0500. The van der Waals surface area contributed by atoms with Crippen LogP contribution in [0.3, 0.4) is 0 Å². The lowest BCUT2D eigenvalue weighted by Gasteiger charge is -2.09. The number of nitrogens with zero attached hydrogens (tertiary/aromatic N) is 3. The quantitative estimate of drug-likeness (QED) is 0.476. The van der Waals surface area contributed by atoms with Crippen LogP contribution >= 0.6 is 23.2 Å². The molecule has 0 aliphatic rings. The van der Waals surface area contributed by atoms with E-state index in [9.17, 15) is 9.18 Å². The van der Waals surface area contributed by atoms with Crippen molar-refractivity contribution in [2.45, 2.75) is 6.42 Å². The highest BCUT2D eigenvalue weighted by Crippen LogP contribution is 2.30. The molecule has 0 unspecified atom stereocenters. The zero-order valence-electron chi connectivity index (χ0n) is 14.4. The van der Waals surface area contributed by atoms with Crippen molar-refractivity contribution in [2.24, 2.45) is 0 Å². The molecule has 0 atom stereocenters. The number of benzene rings is 2. The van der Waals surface area contributed by atoms with E-state index < -0.39 is 5.82 Å². The van der Waals surface area contributed by atoms with Crippen LogP contribution in [0.15, 0.2) is 61.1 Å². The number of fused-ring (bicyclic) bond motifs is 1. The van der Waals surface area contributed by atoms with Gasteiger partial charge in [-0.3, -0.25) is 4.79 Å². The van der Waals surface area contributed by atoms with Crippen molar-refractivity contribution in [1.29, 1.82) is 0 Å². The molecule has 8 heteroatoms. The van der Waals surface area contributed by atoms with Crippen molar-refractivity contribution < 1.29 is 9.18 Å². The summed E-state index contributed by atoms with van der Waals surface area (Å²) in [5.41, 5.74) is 3.53. The lowest BCUT2D eigenvalue weighted by molar-refractivity contribution is -0.115. The Morgan fingerprint density at radius 1 is 1.07 bits per heavy atom. The first-order chi connectivity index (χ1) is 13.5. The van der Waals surface area contributed by atoms with E-state index in [1.165, 1.54) is 18.5 Å². The molecule has 2 heterocycles. The van der Waals surface area contributed by atoms with Crippen molar-refractivity contribution in [1.82, 2.24) is 14.6 Å². The molecule has 0 saturated heterocycles. The summed E-state index contributed by atoms with van der Waals surface area (Å²) in [6.45, 7) is 0. The Hall–Kier alpha value is -2.96. The van der Waals surface area contributed by atoms with Gasteiger partial charge < -0.3 is 5.32 Å². The number of carbonyl (C=O) groups is 1. The van der Waals surface area contributed by atoms with Gasteiger partial charge in [0.15, 0.2) is 11.5 Å². The van der Waals surface area contributed by atoms with Crippen LogP contribution in [-0.4, -0.2) is 20.5 Å². The van der Waals surface area contributed by atoms with E-state index >= 15 is 0 Å². The third kappa shape index (κ3) is 3.69. The molecule has 0 aliphatic carbocycles. The number of amides is 1. The molecule has 5 nitrogen and oxygen atoms in total. The summed E-state index contributed by atoms with van der Waals surface area (Å²) in [5.74, 6) is -1.10. The Morgan fingerprint density at radius 3 is 2.64 bits per heavy atom. The number of pyridine rings is 1. The monoisotopic (exact) mass is 414 g/mol. The van der Waals surface area contributed by atoms with Crippen molar-refractivity contribution in [3.05, 3.63) is 82.5 Å². The smallest absolute Gasteiger partial charge is 0.228 e. The third-order valence-corrected chi connectivity index (χ3v) is 5.02. The Bertz CT molecular complexity index is 1170. The highest BCUT2D eigenvalue weighted by atomic mass is 35.5. The number of hydrogen-bond acceptors (Lipinski definition) is 3. The Morgan fingerprint density at radius 2 is 1.86 bits per heavy atom. The number of halogens is 3. The molecule has 0 radical (unpaired) electrons. The van der Waals surface area contributed by atoms with Gasteiger partial charge >= 0.3 is 0 Å². The largest absolute Gasteiger partial charge is 0.323 e. The predicted octanol–water partition coefficient (Wildman–Crippen LogP) is 5.02. The van der Waals surface area contributed by atoms with Crippen LogP contribution in [0.1, 0.15) is 5.56 Å². The van der Waals surface area contributed by atoms with Crippen molar-refractivity contribution in [3.8, 4) is 11.1 Å². The maximum absolute atomic E-state index is 14.0. The Labute approximate surface area is 169 Å². The minimum atomic E-state index is -0.748. The minimum absolute atomic E-state index is 0.00219. The average Bonchev–Trinajstić information content (AvgIpc) is 3.17. The summed E-state index contributed by atoms with van der Waals surface area (Å²) in [6.07, 6.45) is 3.44. The van der Waals surface area contributed by atoms with Crippen LogP contribution in [0.25, 0.3) is 16.8 Å². The van der Waals surface area contributed by atoms with Gasteiger partial charge in [0.25, 0.3) is 0 Å². The van der Waals surface area contributed by atoms with E-state index in [2.05, 4.69) is 15.4 Å². The van der Waals surface area contributed by atoms with Crippen molar-refractivity contribution in [3.63, 3.8) is 0 Å². The minimum Gasteiger partial charge on any atom is -0.323 e. The van der Waals surface area contributed by atoms with E-state index in [1.807, 2.05) is 42.6 Å². The van der Waals surface area contributed by atoms with E-state index in [0.717, 1.165) is 22.3 Å². The Balaban J connectivity index is 1.47. The molecular weight excluding hydrogens is 402 g/mol. The van der Waals surface area contributed by atoms with Crippen LogP contribution in [0.5, 0.6) is 0 Å². The summed E-state index contributed by atoms with van der Waals surface area (Å²) >= 11 is 11.5. The molecule has 2 aromatic heterocycles. The van der Waals surface area contributed by atoms with Crippen LogP contribution < -0.4 is 5.32 Å². The first kappa shape index (κ1) is 18.4. The van der Waals surface area contributed by atoms with Gasteiger partial charge in [-0.05, 0) is 41.0 Å². The maximum Gasteiger partial charge on any atom is 0.228 e. The third-order valence-electron chi connectivity index (χ3n) is 4.24. The fourth-order valence-corrected chi connectivity index (χ4v) is 3.12. The molecular formula is C20H13Cl2FN4O. The average molecular weight is 415 g/mol. The zero-order chi connectivity index (χ0) is 19.7. The molecule has 4 aromatic rings. The van der Waals surface area contributed by atoms with Crippen LogP contribution in [0, 0.1) is 5.82 Å². The van der Waals surface area contributed by atoms with Gasteiger partial charge in [0.05, 0.1) is 22.2 Å².